The van der Waals surface area contributed by atoms with Gasteiger partial charge in [0.2, 0.25) is 17.2 Å². The number of aromatic nitrogens is 1. The zero-order valence-corrected chi connectivity index (χ0v) is 12.7. The van der Waals surface area contributed by atoms with Crippen LogP contribution in [0.5, 0.6) is 23.0 Å². The number of amides is 1. The number of carbonyl (C=O) groups is 1. The van der Waals surface area contributed by atoms with Gasteiger partial charge in [-0.25, -0.2) is 4.98 Å². The number of hydrogen-bond acceptors (Lipinski definition) is 8. The number of phenols is 3. The van der Waals surface area contributed by atoms with Crippen molar-refractivity contribution in [2.45, 2.75) is 0 Å². The number of carbonyl (C=O) groups excluding carboxylic acids is 1. The van der Waals surface area contributed by atoms with Crippen LogP contribution in [0.1, 0.15) is 10.4 Å². The molecule has 2 rings (SSSR count). The lowest BCUT2D eigenvalue weighted by atomic mass is 10.1. The third-order valence-electron chi connectivity index (χ3n) is 2.94. The van der Waals surface area contributed by atoms with Gasteiger partial charge in [0, 0.05) is 6.20 Å². The standard InChI is InChI=1S/C13H10ClN3O7/c1-24-12-9(18)7(8(17(22)23)10(19)11(12)20)13(21)16-6-3-2-5(14)4-15-6/h2-4,18-20H,1H3,(H,15,16,21). The SMILES string of the molecule is COc1c(O)c(O)c([N+](=O)[O-])c(C(=O)Nc2ccc(Cl)cn2)c1O. The number of nitrogens with zero attached hydrogens (tertiary/aromatic N) is 2. The average molecular weight is 356 g/mol. The smallest absolute Gasteiger partial charge is 0.331 e. The minimum Gasteiger partial charge on any atom is -0.503 e. The zero-order valence-electron chi connectivity index (χ0n) is 12.0. The van der Waals surface area contributed by atoms with Crippen molar-refractivity contribution in [1.82, 2.24) is 4.98 Å². The van der Waals surface area contributed by atoms with Crippen molar-refractivity contribution in [3.8, 4) is 23.0 Å². The molecule has 0 aliphatic carbocycles. The first-order chi connectivity index (χ1) is 11.3. The number of nitrogens with one attached hydrogen (secondary N) is 1. The first-order valence-corrected chi connectivity index (χ1v) is 6.57. The van der Waals surface area contributed by atoms with Gasteiger partial charge in [0.05, 0.1) is 17.1 Å². The first-order valence-electron chi connectivity index (χ1n) is 6.20. The number of phenolic OH excluding ortho intramolecular Hbond substituents is 3. The summed E-state index contributed by atoms with van der Waals surface area (Å²) in [5, 5.41) is 43.0. The van der Waals surface area contributed by atoms with Gasteiger partial charge in [-0.1, -0.05) is 11.6 Å². The maximum atomic E-state index is 12.3. The number of nitro groups is 1. The van der Waals surface area contributed by atoms with Crippen LogP contribution in [0.3, 0.4) is 0 Å². The van der Waals surface area contributed by atoms with Gasteiger partial charge in [-0.2, -0.15) is 0 Å². The third-order valence-corrected chi connectivity index (χ3v) is 3.16. The molecule has 24 heavy (non-hydrogen) atoms. The van der Waals surface area contributed by atoms with E-state index in [4.69, 9.17) is 11.6 Å². The number of ether oxygens (including phenoxy) is 1. The molecular formula is C13H10ClN3O7. The Bertz CT molecular complexity index is 824. The second-order valence-electron chi connectivity index (χ2n) is 4.38. The van der Waals surface area contributed by atoms with Gasteiger partial charge in [0.15, 0.2) is 11.3 Å². The van der Waals surface area contributed by atoms with Crippen LogP contribution in [0.25, 0.3) is 0 Å². The predicted molar refractivity (Wildman–Crippen MR) is 81.8 cm³/mol. The first kappa shape index (κ1) is 17.1. The molecule has 0 radical (unpaired) electrons. The quantitative estimate of drug-likeness (QED) is 0.281. The second kappa shape index (κ2) is 6.46. The molecule has 10 nitrogen and oxygen atoms in total. The highest BCUT2D eigenvalue weighted by Gasteiger charge is 2.36. The van der Waals surface area contributed by atoms with E-state index in [0.717, 1.165) is 7.11 Å². The summed E-state index contributed by atoms with van der Waals surface area (Å²) in [6.07, 6.45) is 1.22. The summed E-state index contributed by atoms with van der Waals surface area (Å²) < 4.78 is 4.65. The van der Waals surface area contributed by atoms with Crippen LogP contribution in [0.4, 0.5) is 11.5 Å². The van der Waals surface area contributed by atoms with Crippen LogP contribution < -0.4 is 10.1 Å². The van der Waals surface area contributed by atoms with Crippen LogP contribution in [0.15, 0.2) is 18.3 Å². The number of hydrogen-bond donors (Lipinski definition) is 4. The number of nitro benzene ring substituents is 1. The largest absolute Gasteiger partial charge is 0.503 e. The van der Waals surface area contributed by atoms with Gasteiger partial charge in [0.1, 0.15) is 5.82 Å². The summed E-state index contributed by atoms with van der Waals surface area (Å²) in [4.78, 5) is 26.0. The zero-order chi connectivity index (χ0) is 18.0. The van der Waals surface area contributed by atoms with E-state index >= 15 is 0 Å². The molecule has 4 N–H and O–H groups in total. The molecule has 0 aliphatic rings. The van der Waals surface area contributed by atoms with Crippen LogP contribution in [0, 0.1) is 10.1 Å². The lowest BCUT2D eigenvalue weighted by Gasteiger charge is -2.12. The molecule has 0 bridgehead atoms. The molecule has 1 aromatic carbocycles. The van der Waals surface area contributed by atoms with Crippen molar-refractivity contribution in [2.75, 3.05) is 12.4 Å². The lowest BCUT2D eigenvalue weighted by molar-refractivity contribution is -0.386. The Morgan fingerprint density at radius 2 is 1.96 bits per heavy atom. The van der Waals surface area contributed by atoms with E-state index in [-0.39, 0.29) is 5.82 Å². The Morgan fingerprint density at radius 3 is 2.46 bits per heavy atom. The Labute approximate surface area is 139 Å². The number of pyridine rings is 1. The molecule has 0 fully saturated rings. The predicted octanol–water partition coefficient (Wildman–Crippen LogP) is 2.02. The maximum absolute atomic E-state index is 12.3. The van der Waals surface area contributed by atoms with Crippen molar-refractivity contribution in [1.29, 1.82) is 0 Å². The highest BCUT2D eigenvalue weighted by molar-refractivity contribution is 6.30. The van der Waals surface area contributed by atoms with E-state index in [9.17, 15) is 30.2 Å². The summed E-state index contributed by atoms with van der Waals surface area (Å²) in [5.74, 6) is -5.14. The molecule has 0 aliphatic heterocycles. The van der Waals surface area contributed by atoms with E-state index in [1.54, 1.807) is 0 Å². The fraction of sp³-hybridized carbons (Fsp3) is 0.0769. The Balaban J connectivity index is 2.59. The van der Waals surface area contributed by atoms with Gasteiger partial charge in [-0.05, 0) is 12.1 Å². The Hall–Kier alpha value is -3.27. The van der Waals surface area contributed by atoms with Crippen molar-refractivity contribution in [3.05, 3.63) is 39.0 Å². The van der Waals surface area contributed by atoms with Gasteiger partial charge >= 0.3 is 5.69 Å². The molecule has 0 spiro atoms. The minimum atomic E-state index is -1.22. The van der Waals surface area contributed by atoms with E-state index in [1.807, 2.05) is 0 Å². The highest BCUT2D eigenvalue weighted by Crippen LogP contribution is 2.51. The summed E-state index contributed by atoms with van der Waals surface area (Å²) in [6, 6.07) is 2.73. The molecular weight excluding hydrogens is 346 g/mol. The van der Waals surface area contributed by atoms with Crippen LogP contribution in [-0.4, -0.2) is 38.2 Å². The molecule has 0 atom stereocenters. The summed E-state index contributed by atoms with van der Waals surface area (Å²) in [5.41, 5.74) is -2.08. The summed E-state index contributed by atoms with van der Waals surface area (Å²) in [7, 11) is 1.03. The van der Waals surface area contributed by atoms with E-state index in [0.29, 0.717) is 5.02 Å². The number of benzene rings is 1. The monoisotopic (exact) mass is 355 g/mol. The topological polar surface area (TPSA) is 155 Å². The molecule has 1 aromatic heterocycles. The van der Waals surface area contributed by atoms with Gasteiger partial charge in [-0.3, -0.25) is 14.9 Å². The van der Waals surface area contributed by atoms with Crippen LogP contribution in [-0.2, 0) is 0 Å². The van der Waals surface area contributed by atoms with Crippen molar-refractivity contribution in [3.63, 3.8) is 0 Å². The number of methoxy groups -OCH3 is 1. The van der Waals surface area contributed by atoms with Crippen molar-refractivity contribution in [2.24, 2.45) is 0 Å². The maximum Gasteiger partial charge on any atom is 0.331 e. The average Bonchev–Trinajstić information content (AvgIpc) is 2.52. The van der Waals surface area contributed by atoms with E-state index in [1.165, 1.54) is 18.3 Å². The summed E-state index contributed by atoms with van der Waals surface area (Å²) in [6.45, 7) is 0. The Morgan fingerprint density at radius 1 is 1.29 bits per heavy atom. The number of anilines is 1. The molecule has 126 valence electrons. The van der Waals surface area contributed by atoms with Gasteiger partial charge in [0.25, 0.3) is 5.91 Å². The van der Waals surface area contributed by atoms with Crippen LogP contribution in [0.2, 0.25) is 5.02 Å². The fourth-order valence-corrected chi connectivity index (χ4v) is 2.00. The minimum absolute atomic E-state index is 0.00960. The van der Waals surface area contributed by atoms with E-state index in [2.05, 4.69) is 15.0 Å². The van der Waals surface area contributed by atoms with E-state index < -0.39 is 45.1 Å². The number of aromatic hydroxyl groups is 3. The summed E-state index contributed by atoms with van der Waals surface area (Å²) >= 11 is 5.65. The van der Waals surface area contributed by atoms with Gasteiger partial charge < -0.3 is 25.4 Å². The lowest BCUT2D eigenvalue weighted by Crippen LogP contribution is -2.15. The van der Waals surface area contributed by atoms with Crippen molar-refractivity contribution < 1.29 is 29.8 Å². The normalized spacial score (nSPS) is 10.2. The van der Waals surface area contributed by atoms with Crippen molar-refractivity contribution >= 4 is 29.0 Å². The number of halogens is 1. The van der Waals surface area contributed by atoms with Gasteiger partial charge in [-0.15, -0.1) is 0 Å². The molecule has 1 heterocycles. The molecule has 11 heteroatoms. The second-order valence-corrected chi connectivity index (χ2v) is 4.81. The highest BCUT2D eigenvalue weighted by atomic mass is 35.5. The Kier molecular flexibility index (Phi) is 4.60. The third kappa shape index (κ3) is 2.94. The number of rotatable bonds is 4. The molecule has 0 saturated carbocycles. The molecule has 0 saturated heterocycles. The molecule has 1 amide bonds. The molecule has 0 unspecified atom stereocenters. The molecule has 2 aromatic rings. The van der Waals surface area contributed by atoms with Crippen LogP contribution >= 0.6 is 11.6 Å². The fourth-order valence-electron chi connectivity index (χ4n) is 1.89.